The van der Waals surface area contributed by atoms with Crippen molar-refractivity contribution in [2.75, 3.05) is 11.5 Å². The minimum atomic E-state index is -0.774. The fraction of sp³-hybridized carbons (Fsp3) is 0.300. The Kier molecular flexibility index (Phi) is 6.20. The summed E-state index contributed by atoms with van der Waals surface area (Å²) >= 11 is 1.48. The highest BCUT2D eigenvalue weighted by molar-refractivity contribution is 7.99. The van der Waals surface area contributed by atoms with Crippen molar-refractivity contribution >= 4 is 35.8 Å². The van der Waals surface area contributed by atoms with Crippen LogP contribution in [0.15, 0.2) is 23.1 Å². The molecule has 0 aliphatic heterocycles. The van der Waals surface area contributed by atoms with Gasteiger partial charge in [0.15, 0.2) is 0 Å². The van der Waals surface area contributed by atoms with Gasteiger partial charge in [-0.25, -0.2) is 0 Å². The van der Waals surface area contributed by atoms with Crippen LogP contribution in [0.2, 0.25) is 0 Å². The molecule has 3 nitrogen and oxygen atoms in total. The number of anilines is 1. The van der Waals surface area contributed by atoms with Crippen molar-refractivity contribution in [2.45, 2.75) is 18.2 Å². The molecule has 1 rings (SSSR count). The van der Waals surface area contributed by atoms with E-state index in [1.807, 2.05) is 25.1 Å². The maximum absolute atomic E-state index is 10.3. The third-order valence-electron chi connectivity index (χ3n) is 1.74. The zero-order valence-electron chi connectivity index (χ0n) is 8.40. The van der Waals surface area contributed by atoms with Crippen molar-refractivity contribution in [3.8, 4) is 0 Å². The molecule has 0 radical (unpaired) electrons. The van der Waals surface area contributed by atoms with Gasteiger partial charge in [0.2, 0.25) is 0 Å². The summed E-state index contributed by atoms with van der Waals surface area (Å²) < 4.78 is 0. The highest BCUT2D eigenvalue weighted by Gasteiger charge is 2.02. The maximum atomic E-state index is 10.3. The minimum Gasteiger partial charge on any atom is -0.481 e. The fourth-order valence-electron chi connectivity index (χ4n) is 1.01. The summed E-state index contributed by atoms with van der Waals surface area (Å²) in [5, 5.41) is 8.47. The molecule has 0 saturated carbocycles. The molecule has 1 aromatic carbocycles. The molecule has 15 heavy (non-hydrogen) atoms. The van der Waals surface area contributed by atoms with E-state index < -0.39 is 5.97 Å². The van der Waals surface area contributed by atoms with Crippen molar-refractivity contribution in [1.82, 2.24) is 0 Å². The van der Waals surface area contributed by atoms with Gasteiger partial charge in [0, 0.05) is 16.3 Å². The molecule has 84 valence electrons. The third kappa shape index (κ3) is 4.95. The van der Waals surface area contributed by atoms with E-state index in [1.165, 1.54) is 11.8 Å². The molecule has 0 fully saturated rings. The van der Waals surface area contributed by atoms with E-state index in [2.05, 4.69) is 0 Å². The van der Waals surface area contributed by atoms with Crippen molar-refractivity contribution in [2.24, 2.45) is 0 Å². The van der Waals surface area contributed by atoms with Gasteiger partial charge in [-0.2, -0.15) is 0 Å². The predicted molar refractivity (Wildman–Crippen MR) is 65.8 cm³/mol. The van der Waals surface area contributed by atoms with Gasteiger partial charge in [-0.05, 0) is 24.6 Å². The number of nitrogens with two attached hydrogens (primary N) is 1. The van der Waals surface area contributed by atoms with Gasteiger partial charge >= 0.3 is 5.97 Å². The van der Waals surface area contributed by atoms with Crippen LogP contribution in [-0.4, -0.2) is 16.8 Å². The van der Waals surface area contributed by atoms with Crippen molar-refractivity contribution in [3.63, 3.8) is 0 Å². The van der Waals surface area contributed by atoms with E-state index in [0.717, 1.165) is 10.5 Å². The Hall–Kier alpha value is -0.870. The van der Waals surface area contributed by atoms with Crippen molar-refractivity contribution < 1.29 is 9.90 Å². The Balaban J connectivity index is 0.00000196. The lowest BCUT2D eigenvalue weighted by Crippen LogP contribution is -1.97. The van der Waals surface area contributed by atoms with Crippen LogP contribution in [0.3, 0.4) is 0 Å². The lowest BCUT2D eigenvalue weighted by atomic mass is 10.2. The number of carboxylic acid groups (broad SMARTS) is 1. The Morgan fingerprint density at radius 1 is 1.53 bits per heavy atom. The van der Waals surface area contributed by atoms with Crippen LogP contribution < -0.4 is 5.73 Å². The summed E-state index contributed by atoms with van der Waals surface area (Å²) in [5.41, 5.74) is 7.59. The number of halogens is 1. The van der Waals surface area contributed by atoms with Crippen LogP contribution >= 0.6 is 24.2 Å². The molecule has 0 aromatic heterocycles. The molecule has 0 aliphatic carbocycles. The summed E-state index contributed by atoms with van der Waals surface area (Å²) in [6, 6.07) is 5.76. The monoisotopic (exact) mass is 247 g/mol. The number of thioether (sulfide) groups is 1. The first-order valence-electron chi connectivity index (χ1n) is 4.30. The number of nitrogen functional groups attached to an aromatic ring is 1. The largest absolute Gasteiger partial charge is 0.481 e. The average molecular weight is 248 g/mol. The second kappa shape index (κ2) is 6.58. The molecule has 0 aliphatic rings. The summed E-state index contributed by atoms with van der Waals surface area (Å²) in [7, 11) is 0. The zero-order valence-corrected chi connectivity index (χ0v) is 10.0. The van der Waals surface area contributed by atoms with E-state index in [0.29, 0.717) is 11.4 Å². The van der Waals surface area contributed by atoms with Crippen LogP contribution in [0, 0.1) is 6.92 Å². The topological polar surface area (TPSA) is 63.3 Å². The van der Waals surface area contributed by atoms with E-state index in [-0.39, 0.29) is 18.8 Å². The number of carboxylic acids is 1. The van der Waals surface area contributed by atoms with Gasteiger partial charge in [-0.1, -0.05) is 6.07 Å². The zero-order chi connectivity index (χ0) is 10.6. The molecule has 0 unspecified atom stereocenters. The minimum absolute atomic E-state index is 0. The van der Waals surface area contributed by atoms with Gasteiger partial charge in [-0.15, -0.1) is 24.2 Å². The van der Waals surface area contributed by atoms with Gasteiger partial charge in [0.1, 0.15) is 0 Å². The maximum Gasteiger partial charge on any atom is 0.304 e. The van der Waals surface area contributed by atoms with Crippen LogP contribution in [0.5, 0.6) is 0 Å². The Morgan fingerprint density at radius 2 is 2.20 bits per heavy atom. The molecular weight excluding hydrogens is 234 g/mol. The van der Waals surface area contributed by atoms with Crippen LogP contribution in [0.25, 0.3) is 0 Å². The first kappa shape index (κ1) is 14.1. The smallest absolute Gasteiger partial charge is 0.304 e. The number of benzene rings is 1. The van der Waals surface area contributed by atoms with Crippen LogP contribution in [0.4, 0.5) is 5.69 Å². The lowest BCUT2D eigenvalue weighted by molar-refractivity contribution is -0.136. The second-order valence-corrected chi connectivity index (χ2v) is 4.17. The molecule has 0 bridgehead atoms. The first-order chi connectivity index (χ1) is 6.59. The first-order valence-corrected chi connectivity index (χ1v) is 5.29. The number of rotatable bonds is 4. The van der Waals surface area contributed by atoms with Crippen LogP contribution in [0.1, 0.15) is 12.0 Å². The molecule has 0 amide bonds. The Labute approximate surface area is 99.5 Å². The van der Waals surface area contributed by atoms with E-state index in [4.69, 9.17) is 10.8 Å². The van der Waals surface area contributed by atoms with Crippen LogP contribution in [-0.2, 0) is 4.79 Å². The summed E-state index contributed by atoms with van der Waals surface area (Å²) in [6.45, 7) is 1.99. The van der Waals surface area contributed by atoms with E-state index >= 15 is 0 Å². The van der Waals surface area contributed by atoms with Crippen molar-refractivity contribution in [1.29, 1.82) is 0 Å². The third-order valence-corrected chi connectivity index (χ3v) is 2.82. The second-order valence-electron chi connectivity index (χ2n) is 3.03. The summed E-state index contributed by atoms with van der Waals surface area (Å²) in [4.78, 5) is 11.3. The molecule has 1 aromatic rings. The van der Waals surface area contributed by atoms with Gasteiger partial charge in [0.05, 0.1) is 6.42 Å². The highest BCUT2D eigenvalue weighted by Crippen LogP contribution is 2.26. The molecule has 3 N–H and O–H groups in total. The Morgan fingerprint density at radius 3 is 2.80 bits per heavy atom. The normalized spacial score (nSPS) is 9.40. The highest BCUT2D eigenvalue weighted by atomic mass is 35.5. The number of hydrogen-bond donors (Lipinski definition) is 2. The fourth-order valence-corrected chi connectivity index (χ4v) is 2.02. The van der Waals surface area contributed by atoms with Gasteiger partial charge in [-0.3, -0.25) is 4.79 Å². The van der Waals surface area contributed by atoms with E-state index in [9.17, 15) is 4.79 Å². The SMILES string of the molecule is Cc1ccc(N)c(SCCC(=O)O)c1.Cl. The molecular formula is C10H14ClNO2S. The van der Waals surface area contributed by atoms with E-state index in [1.54, 1.807) is 0 Å². The average Bonchev–Trinajstić information content (AvgIpc) is 2.10. The number of hydrogen-bond acceptors (Lipinski definition) is 3. The predicted octanol–water partition coefficient (Wildman–Crippen LogP) is 2.57. The Bertz CT molecular complexity index is 344. The molecule has 0 saturated heterocycles. The number of aryl methyl sites for hydroxylation is 1. The van der Waals surface area contributed by atoms with Crippen molar-refractivity contribution in [3.05, 3.63) is 23.8 Å². The molecule has 0 heterocycles. The van der Waals surface area contributed by atoms with Gasteiger partial charge < -0.3 is 10.8 Å². The summed E-state index contributed by atoms with van der Waals surface area (Å²) in [6.07, 6.45) is 0.165. The number of aliphatic carboxylic acids is 1. The lowest BCUT2D eigenvalue weighted by Gasteiger charge is -2.05. The molecule has 0 atom stereocenters. The summed E-state index contributed by atoms with van der Waals surface area (Å²) in [5.74, 6) is -0.216. The standard InChI is InChI=1S/C10H13NO2S.ClH/c1-7-2-3-8(11)9(6-7)14-5-4-10(12)13;/h2-3,6H,4-5,11H2,1H3,(H,12,13);1H. The molecule has 0 spiro atoms. The van der Waals surface area contributed by atoms with Gasteiger partial charge in [0.25, 0.3) is 0 Å². The number of carbonyl (C=O) groups is 1. The molecule has 5 heteroatoms. The quantitative estimate of drug-likeness (QED) is 0.634.